The zero-order valence-corrected chi connectivity index (χ0v) is 20.3. The molecule has 9 heteroatoms. The molecular weight excluding hydrogens is 472 g/mol. The number of carbonyl (C=O) groups is 4. The molecule has 1 aliphatic rings. The highest BCUT2D eigenvalue weighted by atomic mass is 35.5. The number of esters is 1. The van der Waals surface area contributed by atoms with Crippen molar-refractivity contribution in [2.75, 3.05) is 20.3 Å². The molecule has 8 nitrogen and oxygen atoms in total. The number of ether oxygens (including phenoxy) is 2. The van der Waals surface area contributed by atoms with Gasteiger partial charge in [0.2, 0.25) is 5.91 Å². The van der Waals surface area contributed by atoms with Crippen molar-refractivity contribution in [3.63, 3.8) is 0 Å². The minimum Gasteiger partial charge on any atom is -0.497 e. The summed E-state index contributed by atoms with van der Waals surface area (Å²) >= 11 is 5.96. The lowest BCUT2D eigenvalue weighted by Crippen LogP contribution is -2.42. The van der Waals surface area contributed by atoms with E-state index in [1.54, 1.807) is 49.4 Å². The Hall–Kier alpha value is -3.65. The highest BCUT2D eigenvalue weighted by Gasteiger charge is 2.26. The Kier molecular flexibility index (Phi) is 7.21. The van der Waals surface area contributed by atoms with E-state index in [4.69, 9.17) is 21.1 Å². The van der Waals surface area contributed by atoms with Crippen LogP contribution < -0.4 is 4.74 Å². The van der Waals surface area contributed by atoms with E-state index in [1.807, 2.05) is 0 Å². The third kappa shape index (κ3) is 5.07. The molecule has 0 saturated carbocycles. The molecule has 0 atom stereocenters. The molecule has 1 aliphatic heterocycles. The summed E-state index contributed by atoms with van der Waals surface area (Å²) < 4.78 is 12.1. The molecule has 0 spiro atoms. The first kappa shape index (κ1) is 24.5. The zero-order chi connectivity index (χ0) is 25.1. The number of piperidine rings is 1. The first-order valence-corrected chi connectivity index (χ1v) is 11.6. The number of halogens is 1. The van der Waals surface area contributed by atoms with Gasteiger partial charge >= 0.3 is 5.97 Å². The van der Waals surface area contributed by atoms with Crippen LogP contribution in [0.4, 0.5) is 0 Å². The van der Waals surface area contributed by atoms with Crippen molar-refractivity contribution in [2.24, 2.45) is 0 Å². The summed E-state index contributed by atoms with van der Waals surface area (Å²) in [4.78, 5) is 51.5. The van der Waals surface area contributed by atoms with Gasteiger partial charge in [-0.3, -0.25) is 28.6 Å². The standard InChI is InChI=1S/C26H25ClN2O6/c1-16-20(14-25(32)35-15-24(31)28-12-4-3-5-23(28)30)21-13-19(34-2)10-11-22(21)29(16)26(33)17-6-8-18(27)9-7-17/h6-11,13H,3-5,12,14-15H2,1-2H3. The Labute approximate surface area is 207 Å². The lowest BCUT2D eigenvalue weighted by molar-refractivity contribution is -0.156. The highest BCUT2D eigenvalue weighted by molar-refractivity contribution is 6.30. The van der Waals surface area contributed by atoms with Crippen molar-refractivity contribution >= 4 is 46.2 Å². The van der Waals surface area contributed by atoms with Gasteiger partial charge in [-0.2, -0.15) is 0 Å². The predicted octanol–water partition coefficient (Wildman–Crippen LogP) is 3.93. The number of hydrogen-bond acceptors (Lipinski definition) is 6. The van der Waals surface area contributed by atoms with Gasteiger partial charge in [0, 0.05) is 34.6 Å². The average molecular weight is 497 g/mol. The van der Waals surface area contributed by atoms with E-state index in [1.165, 1.54) is 11.7 Å². The van der Waals surface area contributed by atoms with E-state index in [9.17, 15) is 19.2 Å². The molecule has 0 N–H and O–H groups in total. The molecule has 2 aromatic carbocycles. The molecule has 1 fully saturated rings. The maximum atomic E-state index is 13.4. The number of amides is 2. The minimum atomic E-state index is -0.633. The smallest absolute Gasteiger partial charge is 0.310 e. The number of carbonyl (C=O) groups excluding carboxylic acids is 4. The van der Waals surface area contributed by atoms with Crippen LogP contribution in [-0.4, -0.2) is 53.4 Å². The number of hydrogen-bond donors (Lipinski definition) is 0. The van der Waals surface area contributed by atoms with Crippen LogP contribution in [0.2, 0.25) is 5.02 Å². The fraction of sp³-hybridized carbons (Fsp3) is 0.308. The fourth-order valence-electron chi connectivity index (χ4n) is 4.28. The van der Waals surface area contributed by atoms with Crippen molar-refractivity contribution in [2.45, 2.75) is 32.6 Å². The Morgan fingerprint density at radius 1 is 1.06 bits per heavy atom. The van der Waals surface area contributed by atoms with Crippen LogP contribution in [0.25, 0.3) is 10.9 Å². The van der Waals surface area contributed by atoms with Gasteiger partial charge in [-0.25, -0.2) is 0 Å². The molecule has 0 aliphatic carbocycles. The predicted molar refractivity (Wildman–Crippen MR) is 130 cm³/mol. The molecule has 0 unspecified atom stereocenters. The third-order valence-electron chi connectivity index (χ3n) is 6.14. The van der Waals surface area contributed by atoms with Crippen molar-refractivity contribution in [1.29, 1.82) is 0 Å². The SMILES string of the molecule is COc1ccc2c(c1)c(CC(=O)OCC(=O)N1CCCCC1=O)c(C)n2C(=O)c1ccc(Cl)cc1. The van der Waals surface area contributed by atoms with E-state index in [-0.39, 0.29) is 18.2 Å². The number of likely N-dealkylation sites (tertiary alicyclic amines) is 1. The number of fused-ring (bicyclic) bond motifs is 1. The van der Waals surface area contributed by atoms with E-state index in [0.29, 0.717) is 51.5 Å². The van der Waals surface area contributed by atoms with Crippen LogP contribution in [0.1, 0.15) is 40.9 Å². The van der Waals surface area contributed by atoms with Gasteiger partial charge in [0.05, 0.1) is 19.0 Å². The number of rotatable bonds is 6. The third-order valence-corrected chi connectivity index (χ3v) is 6.39. The molecule has 1 saturated heterocycles. The number of benzene rings is 2. The normalized spacial score (nSPS) is 13.7. The summed E-state index contributed by atoms with van der Waals surface area (Å²) in [6.45, 7) is 1.59. The average Bonchev–Trinajstić information content (AvgIpc) is 3.13. The first-order valence-electron chi connectivity index (χ1n) is 11.3. The van der Waals surface area contributed by atoms with Gasteiger partial charge in [0.25, 0.3) is 11.8 Å². The summed E-state index contributed by atoms with van der Waals surface area (Å²) in [6.07, 6.45) is 1.66. The molecule has 2 amide bonds. The van der Waals surface area contributed by atoms with E-state index in [0.717, 1.165) is 17.7 Å². The Morgan fingerprint density at radius 2 is 1.80 bits per heavy atom. The van der Waals surface area contributed by atoms with Crippen molar-refractivity contribution in [3.8, 4) is 5.75 Å². The highest BCUT2D eigenvalue weighted by Crippen LogP contribution is 2.31. The van der Waals surface area contributed by atoms with Crippen molar-refractivity contribution in [1.82, 2.24) is 9.47 Å². The Morgan fingerprint density at radius 3 is 2.49 bits per heavy atom. The quantitative estimate of drug-likeness (QED) is 0.480. The number of nitrogens with zero attached hydrogens (tertiary/aromatic N) is 2. The van der Waals surface area contributed by atoms with Crippen LogP contribution >= 0.6 is 11.6 Å². The maximum absolute atomic E-state index is 13.4. The number of imide groups is 1. The molecular formula is C26H25ClN2O6. The van der Waals surface area contributed by atoms with Crippen LogP contribution in [0.15, 0.2) is 42.5 Å². The van der Waals surface area contributed by atoms with Crippen molar-refractivity contribution < 1.29 is 28.7 Å². The van der Waals surface area contributed by atoms with Crippen LogP contribution in [-0.2, 0) is 25.5 Å². The molecule has 1 aromatic heterocycles. The van der Waals surface area contributed by atoms with Crippen LogP contribution in [0, 0.1) is 6.92 Å². The van der Waals surface area contributed by atoms with E-state index in [2.05, 4.69) is 0 Å². The Balaban J connectivity index is 1.60. The maximum Gasteiger partial charge on any atom is 0.310 e. The molecule has 35 heavy (non-hydrogen) atoms. The monoisotopic (exact) mass is 496 g/mol. The fourth-order valence-corrected chi connectivity index (χ4v) is 4.41. The van der Waals surface area contributed by atoms with E-state index >= 15 is 0 Å². The summed E-state index contributed by atoms with van der Waals surface area (Å²) in [5.41, 5.74) is 2.22. The van der Waals surface area contributed by atoms with Crippen LogP contribution in [0.3, 0.4) is 0 Å². The second-order valence-corrected chi connectivity index (χ2v) is 8.76. The topological polar surface area (TPSA) is 94.9 Å². The second kappa shape index (κ2) is 10.3. The second-order valence-electron chi connectivity index (χ2n) is 8.33. The lowest BCUT2D eigenvalue weighted by Gasteiger charge is -2.24. The molecule has 2 heterocycles. The largest absolute Gasteiger partial charge is 0.497 e. The van der Waals surface area contributed by atoms with Gasteiger partial charge in [-0.05, 0) is 67.8 Å². The number of aromatic nitrogens is 1. The molecule has 3 aromatic rings. The minimum absolute atomic E-state index is 0.155. The van der Waals surface area contributed by atoms with Crippen molar-refractivity contribution in [3.05, 3.63) is 64.3 Å². The molecule has 182 valence electrons. The molecule has 0 radical (unpaired) electrons. The van der Waals surface area contributed by atoms with Gasteiger partial charge in [0.1, 0.15) is 5.75 Å². The van der Waals surface area contributed by atoms with Gasteiger partial charge in [-0.1, -0.05) is 11.6 Å². The summed E-state index contributed by atoms with van der Waals surface area (Å²) in [6, 6.07) is 11.8. The molecule has 0 bridgehead atoms. The van der Waals surface area contributed by atoms with Crippen LogP contribution in [0.5, 0.6) is 5.75 Å². The number of methoxy groups -OCH3 is 1. The molecule has 4 rings (SSSR count). The first-order chi connectivity index (χ1) is 16.8. The van der Waals surface area contributed by atoms with E-state index < -0.39 is 18.5 Å². The summed E-state index contributed by atoms with van der Waals surface area (Å²) in [5.74, 6) is -1.10. The van der Waals surface area contributed by atoms with Gasteiger partial charge < -0.3 is 9.47 Å². The van der Waals surface area contributed by atoms with Gasteiger partial charge in [-0.15, -0.1) is 0 Å². The Bertz CT molecular complexity index is 1310. The summed E-state index contributed by atoms with van der Waals surface area (Å²) in [5, 5.41) is 1.18. The summed E-state index contributed by atoms with van der Waals surface area (Å²) in [7, 11) is 1.53. The zero-order valence-electron chi connectivity index (χ0n) is 19.5. The van der Waals surface area contributed by atoms with Gasteiger partial charge in [0.15, 0.2) is 6.61 Å². The lowest BCUT2D eigenvalue weighted by atomic mass is 10.1.